The molecule has 0 amide bonds. The van der Waals surface area contributed by atoms with Crippen molar-refractivity contribution in [2.75, 3.05) is 6.61 Å². The lowest BCUT2D eigenvalue weighted by Crippen LogP contribution is -2.42. The molecule has 0 radical (unpaired) electrons. The maximum Gasteiger partial charge on any atom is 0.129 e. The molecule has 1 aliphatic rings. The molecule has 3 aromatic carbocycles. The fourth-order valence-electron chi connectivity index (χ4n) is 6.30. The molecule has 0 saturated carbocycles. The molecule has 5 nitrogen and oxygen atoms in total. The third-order valence-electron chi connectivity index (χ3n) is 8.56. The van der Waals surface area contributed by atoms with Crippen LogP contribution in [-0.2, 0) is 34.5 Å². The topological polar surface area (TPSA) is 54.0 Å². The fraction of sp³-hybridized carbons (Fsp3) is 0.421. The second kappa shape index (κ2) is 14.3. The Morgan fingerprint density at radius 1 is 0.884 bits per heavy atom. The quantitative estimate of drug-likeness (QED) is 0.145. The standard InChI is InChI=1S/C28H36O2.C10H10O3/c1-6-8-11-19(3)30-26-17-15-23-24(28(26,4)5)16-14-22-21-13-10-9-12-20(21)18-25(27(22)23)29-7-2;1-3-9(12-5-1)7-11-8-10-4-2-6-13-10/h9-10,12-14,16,18-19,26H,6-8,11,15,17H2,1-5H3;1-6H,7-8H2. The van der Waals surface area contributed by atoms with E-state index in [0.717, 1.165) is 36.5 Å². The molecule has 5 heteroatoms. The van der Waals surface area contributed by atoms with Gasteiger partial charge < -0.3 is 23.0 Å². The second-order valence-electron chi connectivity index (χ2n) is 12.0. The van der Waals surface area contributed by atoms with Gasteiger partial charge >= 0.3 is 0 Å². The lowest BCUT2D eigenvalue weighted by Gasteiger charge is -2.42. The number of ether oxygens (including phenoxy) is 3. The van der Waals surface area contributed by atoms with E-state index in [-0.39, 0.29) is 11.5 Å². The van der Waals surface area contributed by atoms with Gasteiger partial charge in [0, 0.05) is 10.8 Å². The van der Waals surface area contributed by atoms with Crippen molar-refractivity contribution in [3.05, 3.63) is 102 Å². The number of fused-ring (bicyclic) bond motifs is 5. The summed E-state index contributed by atoms with van der Waals surface area (Å²) < 4.78 is 28.3. The number of rotatable bonds is 11. The summed E-state index contributed by atoms with van der Waals surface area (Å²) in [5.74, 6) is 2.67. The summed E-state index contributed by atoms with van der Waals surface area (Å²) in [6.07, 6.45) is 9.55. The Labute approximate surface area is 256 Å². The number of unbranched alkanes of at least 4 members (excludes halogenated alkanes) is 1. The van der Waals surface area contributed by atoms with Crippen LogP contribution >= 0.6 is 0 Å². The zero-order valence-corrected chi connectivity index (χ0v) is 26.4. The third-order valence-corrected chi connectivity index (χ3v) is 8.56. The maximum atomic E-state index is 6.59. The first kappa shape index (κ1) is 30.9. The lowest BCUT2D eigenvalue weighted by molar-refractivity contribution is -0.0508. The van der Waals surface area contributed by atoms with Gasteiger partial charge in [0.15, 0.2) is 0 Å². The minimum absolute atomic E-state index is 0.0165. The first-order valence-corrected chi connectivity index (χ1v) is 15.8. The minimum Gasteiger partial charge on any atom is -0.493 e. The fourth-order valence-corrected chi connectivity index (χ4v) is 6.30. The predicted molar refractivity (Wildman–Crippen MR) is 174 cm³/mol. The van der Waals surface area contributed by atoms with E-state index in [1.807, 2.05) is 24.3 Å². The Kier molecular flexibility index (Phi) is 10.3. The first-order valence-electron chi connectivity index (χ1n) is 15.8. The average Bonchev–Trinajstić information content (AvgIpc) is 3.73. The van der Waals surface area contributed by atoms with E-state index in [1.165, 1.54) is 45.5 Å². The van der Waals surface area contributed by atoms with Crippen molar-refractivity contribution in [2.45, 2.75) is 97.6 Å². The van der Waals surface area contributed by atoms with Gasteiger partial charge in [0.25, 0.3) is 0 Å². The maximum absolute atomic E-state index is 6.59. The van der Waals surface area contributed by atoms with Gasteiger partial charge in [0.1, 0.15) is 30.5 Å². The number of furan rings is 2. The van der Waals surface area contributed by atoms with Gasteiger partial charge in [-0.3, -0.25) is 0 Å². The van der Waals surface area contributed by atoms with Gasteiger partial charge in [0.2, 0.25) is 0 Å². The number of aryl methyl sites for hydroxylation is 1. The zero-order valence-electron chi connectivity index (χ0n) is 26.4. The van der Waals surface area contributed by atoms with Crippen LogP contribution in [0.3, 0.4) is 0 Å². The molecule has 2 unspecified atom stereocenters. The van der Waals surface area contributed by atoms with Crippen molar-refractivity contribution < 1.29 is 23.0 Å². The Morgan fingerprint density at radius 2 is 1.60 bits per heavy atom. The van der Waals surface area contributed by atoms with E-state index in [2.05, 4.69) is 77.1 Å². The molecule has 1 aliphatic carbocycles. The predicted octanol–water partition coefficient (Wildman–Crippen LogP) is 10.2. The van der Waals surface area contributed by atoms with Crippen LogP contribution in [0.2, 0.25) is 0 Å². The van der Waals surface area contributed by atoms with Crippen LogP contribution in [0.15, 0.2) is 88.1 Å². The van der Waals surface area contributed by atoms with Crippen LogP contribution in [-0.4, -0.2) is 18.8 Å². The van der Waals surface area contributed by atoms with Crippen molar-refractivity contribution in [2.24, 2.45) is 0 Å². The van der Waals surface area contributed by atoms with Gasteiger partial charge in [-0.1, -0.05) is 70.0 Å². The molecule has 5 aromatic rings. The van der Waals surface area contributed by atoms with Crippen molar-refractivity contribution in [3.8, 4) is 5.75 Å². The molecular formula is C38H46O5. The van der Waals surface area contributed by atoms with E-state index in [9.17, 15) is 0 Å². The third kappa shape index (κ3) is 7.17. The molecule has 2 aromatic heterocycles. The number of hydrogen-bond acceptors (Lipinski definition) is 5. The summed E-state index contributed by atoms with van der Waals surface area (Å²) in [5, 5.41) is 5.16. The highest BCUT2D eigenvalue weighted by molar-refractivity contribution is 6.11. The van der Waals surface area contributed by atoms with Gasteiger partial charge in [-0.25, -0.2) is 0 Å². The molecule has 2 atom stereocenters. The Bertz CT molecular complexity index is 1530. The highest BCUT2D eigenvalue weighted by atomic mass is 16.5. The van der Waals surface area contributed by atoms with Gasteiger partial charge in [-0.05, 0) is 90.7 Å². The van der Waals surface area contributed by atoms with Gasteiger partial charge in [-0.2, -0.15) is 0 Å². The lowest BCUT2D eigenvalue weighted by atomic mass is 9.69. The second-order valence-corrected chi connectivity index (χ2v) is 12.0. The summed E-state index contributed by atoms with van der Waals surface area (Å²) in [6, 6.07) is 23.0. The van der Waals surface area contributed by atoms with Crippen molar-refractivity contribution in [1.29, 1.82) is 0 Å². The molecule has 2 heterocycles. The average molecular weight is 583 g/mol. The molecule has 0 fully saturated rings. The summed E-state index contributed by atoms with van der Waals surface area (Å²) in [5.41, 5.74) is 2.86. The van der Waals surface area contributed by atoms with E-state index >= 15 is 0 Å². The first-order chi connectivity index (χ1) is 20.9. The van der Waals surface area contributed by atoms with Crippen LogP contribution < -0.4 is 4.74 Å². The van der Waals surface area contributed by atoms with Crippen molar-refractivity contribution in [3.63, 3.8) is 0 Å². The van der Waals surface area contributed by atoms with Crippen LogP contribution in [0.4, 0.5) is 0 Å². The van der Waals surface area contributed by atoms with E-state index in [1.54, 1.807) is 12.5 Å². The van der Waals surface area contributed by atoms with Gasteiger partial charge in [0.05, 0.1) is 31.3 Å². The Morgan fingerprint density at radius 3 is 2.26 bits per heavy atom. The number of benzene rings is 3. The van der Waals surface area contributed by atoms with E-state index < -0.39 is 0 Å². The molecule has 43 heavy (non-hydrogen) atoms. The summed E-state index contributed by atoms with van der Waals surface area (Å²) in [6.45, 7) is 12.9. The van der Waals surface area contributed by atoms with Crippen LogP contribution in [0.1, 0.15) is 82.9 Å². The zero-order chi connectivity index (χ0) is 30.2. The van der Waals surface area contributed by atoms with Crippen LogP contribution in [0.25, 0.3) is 21.5 Å². The molecule has 0 aliphatic heterocycles. The molecule has 6 rings (SSSR count). The molecule has 0 spiro atoms. The summed E-state index contributed by atoms with van der Waals surface area (Å²) in [4.78, 5) is 0. The van der Waals surface area contributed by atoms with Crippen molar-refractivity contribution >= 4 is 21.5 Å². The highest BCUT2D eigenvalue weighted by Crippen LogP contribution is 2.46. The van der Waals surface area contributed by atoms with E-state index in [0.29, 0.717) is 25.9 Å². The van der Waals surface area contributed by atoms with Crippen molar-refractivity contribution in [1.82, 2.24) is 0 Å². The SMILES string of the molecule is CCCCC(C)OC1CCc2c(ccc3c2c(OCC)cc2ccccc23)C1(C)C.c1coc(COCc2ccco2)c1. The largest absolute Gasteiger partial charge is 0.493 e. The van der Waals surface area contributed by atoms with Crippen LogP contribution in [0.5, 0.6) is 5.75 Å². The minimum atomic E-state index is -0.0165. The highest BCUT2D eigenvalue weighted by Gasteiger charge is 2.39. The molecule has 0 saturated heterocycles. The summed E-state index contributed by atoms with van der Waals surface area (Å²) in [7, 11) is 0. The monoisotopic (exact) mass is 582 g/mol. The summed E-state index contributed by atoms with van der Waals surface area (Å²) >= 11 is 0. The van der Waals surface area contributed by atoms with E-state index in [4.69, 9.17) is 23.0 Å². The Hall–Kier alpha value is -3.54. The number of hydrogen-bond donors (Lipinski definition) is 0. The Balaban J connectivity index is 0.000000235. The molecule has 0 N–H and O–H groups in total. The molecular weight excluding hydrogens is 536 g/mol. The van der Waals surface area contributed by atoms with Gasteiger partial charge in [-0.15, -0.1) is 0 Å². The smallest absolute Gasteiger partial charge is 0.129 e. The molecule has 0 bridgehead atoms. The molecule has 228 valence electrons. The van der Waals surface area contributed by atoms with Crippen LogP contribution in [0, 0.1) is 0 Å². The normalized spacial score (nSPS) is 16.4.